The van der Waals surface area contributed by atoms with Crippen LogP contribution in [-0.4, -0.2) is 11.6 Å². The zero-order valence-electron chi connectivity index (χ0n) is 17.7. The predicted molar refractivity (Wildman–Crippen MR) is 113 cm³/mol. The third kappa shape index (κ3) is 5.06. The summed E-state index contributed by atoms with van der Waals surface area (Å²) < 4.78 is 0. The molecule has 0 aliphatic heterocycles. The Hall–Kier alpha value is -1.96. The molecule has 2 nitrogen and oxygen atoms in total. The summed E-state index contributed by atoms with van der Waals surface area (Å²) in [6.45, 7) is 12.5. The second-order valence-corrected chi connectivity index (χ2v) is 9.05. The monoisotopic (exact) mass is 366 g/mol. The van der Waals surface area contributed by atoms with Crippen LogP contribution in [0.5, 0.6) is 0 Å². The van der Waals surface area contributed by atoms with E-state index < -0.39 is 5.92 Å². The zero-order valence-corrected chi connectivity index (χ0v) is 17.7. The predicted octanol–water partition coefficient (Wildman–Crippen LogP) is 6.43. The Morgan fingerprint density at radius 2 is 1.56 bits per heavy atom. The van der Waals surface area contributed by atoms with Crippen molar-refractivity contribution in [2.24, 2.45) is 23.2 Å². The SMILES string of the molecule is CC(C)=CC[C@H]1C[C@@H](CC=C(C)C)C(C)(C)[C@H](C(=O)c2ccccc2)C1=O. The molecule has 2 heteroatoms. The summed E-state index contributed by atoms with van der Waals surface area (Å²) in [6.07, 6.45) is 6.92. The van der Waals surface area contributed by atoms with E-state index in [0.29, 0.717) is 11.5 Å². The first-order valence-electron chi connectivity index (χ1n) is 10.0. The topological polar surface area (TPSA) is 34.1 Å². The summed E-state index contributed by atoms with van der Waals surface area (Å²) in [6, 6.07) is 9.30. The quantitative estimate of drug-likeness (QED) is 0.330. The Morgan fingerprint density at radius 3 is 2.11 bits per heavy atom. The van der Waals surface area contributed by atoms with Gasteiger partial charge in [0.2, 0.25) is 0 Å². The molecule has 1 aromatic carbocycles. The molecule has 1 saturated carbocycles. The molecule has 1 fully saturated rings. The van der Waals surface area contributed by atoms with Gasteiger partial charge in [0.25, 0.3) is 0 Å². The first-order valence-corrected chi connectivity index (χ1v) is 10.0. The van der Waals surface area contributed by atoms with Crippen molar-refractivity contribution in [1.82, 2.24) is 0 Å². The van der Waals surface area contributed by atoms with E-state index in [0.717, 1.165) is 19.3 Å². The lowest BCUT2D eigenvalue weighted by molar-refractivity contribution is -0.135. The van der Waals surface area contributed by atoms with Gasteiger partial charge in [-0.3, -0.25) is 9.59 Å². The van der Waals surface area contributed by atoms with E-state index in [1.54, 1.807) is 0 Å². The second-order valence-electron chi connectivity index (χ2n) is 9.05. The summed E-state index contributed by atoms with van der Waals surface area (Å²) in [5.74, 6) is -0.214. The normalized spacial score (nSPS) is 24.2. The average Bonchev–Trinajstić information content (AvgIpc) is 2.60. The zero-order chi connectivity index (χ0) is 20.2. The van der Waals surface area contributed by atoms with Crippen molar-refractivity contribution >= 4 is 11.6 Å². The molecule has 0 unspecified atom stereocenters. The van der Waals surface area contributed by atoms with Gasteiger partial charge >= 0.3 is 0 Å². The molecular formula is C25H34O2. The lowest BCUT2D eigenvalue weighted by Gasteiger charge is -2.46. The molecule has 0 radical (unpaired) electrons. The van der Waals surface area contributed by atoms with E-state index in [1.807, 2.05) is 30.3 Å². The van der Waals surface area contributed by atoms with Gasteiger partial charge in [-0.1, -0.05) is 67.5 Å². The summed E-state index contributed by atoms with van der Waals surface area (Å²) in [5, 5.41) is 0. The Kier molecular flexibility index (Phi) is 6.97. The van der Waals surface area contributed by atoms with Crippen LogP contribution in [0.15, 0.2) is 53.6 Å². The number of benzene rings is 1. The third-order valence-corrected chi connectivity index (χ3v) is 5.99. The first-order chi connectivity index (χ1) is 12.6. The van der Waals surface area contributed by atoms with E-state index in [-0.39, 0.29) is 22.9 Å². The molecule has 0 amide bonds. The van der Waals surface area contributed by atoms with E-state index in [9.17, 15) is 9.59 Å². The molecule has 27 heavy (non-hydrogen) atoms. The molecule has 0 aromatic heterocycles. The van der Waals surface area contributed by atoms with Crippen molar-refractivity contribution in [2.45, 2.75) is 60.8 Å². The Bertz CT molecular complexity index is 729. The molecule has 0 N–H and O–H groups in total. The van der Waals surface area contributed by atoms with Crippen molar-refractivity contribution in [3.8, 4) is 0 Å². The largest absolute Gasteiger partial charge is 0.299 e. The maximum absolute atomic E-state index is 13.4. The molecule has 1 aliphatic carbocycles. The minimum absolute atomic E-state index is 0.0188. The minimum Gasteiger partial charge on any atom is -0.299 e. The van der Waals surface area contributed by atoms with Crippen LogP contribution in [0.25, 0.3) is 0 Å². The van der Waals surface area contributed by atoms with Crippen LogP contribution in [0.1, 0.15) is 71.2 Å². The van der Waals surface area contributed by atoms with Crippen LogP contribution < -0.4 is 0 Å². The Morgan fingerprint density at radius 1 is 1.00 bits per heavy atom. The highest BCUT2D eigenvalue weighted by Crippen LogP contribution is 2.49. The number of rotatable bonds is 6. The molecule has 0 heterocycles. The highest BCUT2D eigenvalue weighted by atomic mass is 16.2. The first kappa shape index (κ1) is 21.3. The number of ketones is 2. The van der Waals surface area contributed by atoms with E-state index >= 15 is 0 Å². The number of carbonyl (C=O) groups is 2. The molecule has 1 aliphatic rings. The van der Waals surface area contributed by atoms with E-state index in [1.165, 1.54) is 11.1 Å². The second kappa shape index (κ2) is 8.82. The van der Waals surface area contributed by atoms with Gasteiger partial charge in [-0.25, -0.2) is 0 Å². The van der Waals surface area contributed by atoms with Gasteiger partial charge in [0, 0.05) is 11.5 Å². The standard InChI is InChI=1S/C25H34O2/c1-17(2)12-14-20-16-21(15-13-18(3)4)25(5,6)22(24(20)27)23(26)19-10-8-7-9-11-19/h7-13,20-22H,14-16H2,1-6H3/t20-,21+,22+/m0/s1. The van der Waals surface area contributed by atoms with Crippen molar-refractivity contribution in [1.29, 1.82) is 0 Å². The number of Topliss-reactive ketones (excluding diaryl/α,β-unsaturated/α-hetero) is 2. The Labute approximate surface area is 164 Å². The fourth-order valence-electron chi connectivity index (χ4n) is 4.21. The lowest BCUT2D eigenvalue weighted by Crippen LogP contribution is -2.49. The highest BCUT2D eigenvalue weighted by Gasteiger charge is 2.51. The van der Waals surface area contributed by atoms with Gasteiger partial charge < -0.3 is 0 Å². The highest BCUT2D eigenvalue weighted by molar-refractivity contribution is 6.12. The van der Waals surface area contributed by atoms with Crippen LogP contribution in [0.4, 0.5) is 0 Å². The summed E-state index contributed by atoms with van der Waals surface area (Å²) >= 11 is 0. The number of carbonyl (C=O) groups excluding carboxylic acids is 2. The van der Waals surface area contributed by atoms with Crippen LogP contribution in [0.3, 0.4) is 0 Å². The smallest absolute Gasteiger partial charge is 0.173 e. The van der Waals surface area contributed by atoms with Gasteiger partial charge in [0.15, 0.2) is 5.78 Å². The van der Waals surface area contributed by atoms with Crippen LogP contribution >= 0.6 is 0 Å². The van der Waals surface area contributed by atoms with Crippen LogP contribution in [0, 0.1) is 23.2 Å². The molecule has 2 rings (SSSR count). The van der Waals surface area contributed by atoms with Gasteiger partial charge in [-0.2, -0.15) is 0 Å². The summed E-state index contributed by atoms with van der Waals surface area (Å²) in [7, 11) is 0. The van der Waals surface area contributed by atoms with Crippen molar-refractivity contribution < 1.29 is 9.59 Å². The Balaban J connectivity index is 2.42. The fraction of sp³-hybridized carbons (Fsp3) is 0.520. The number of allylic oxidation sites excluding steroid dienone is 4. The van der Waals surface area contributed by atoms with Crippen LogP contribution in [-0.2, 0) is 4.79 Å². The molecule has 3 atom stereocenters. The maximum atomic E-state index is 13.4. The van der Waals surface area contributed by atoms with E-state index in [4.69, 9.17) is 0 Å². The van der Waals surface area contributed by atoms with Gasteiger partial charge in [-0.05, 0) is 58.3 Å². The number of hydrogen-bond donors (Lipinski definition) is 0. The third-order valence-electron chi connectivity index (χ3n) is 5.99. The molecule has 1 aromatic rings. The van der Waals surface area contributed by atoms with Gasteiger partial charge in [0.1, 0.15) is 5.78 Å². The minimum atomic E-state index is -0.570. The maximum Gasteiger partial charge on any atom is 0.173 e. The molecule has 0 bridgehead atoms. The number of hydrogen-bond acceptors (Lipinski definition) is 2. The van der Waals surface area contributed by atoms with Crippen molar-refractivity contribution in [2.75, 3.05) is 0 Å². The van der Waals surface area contributed by atoms with Crippen LogP contribution in [0.2, 0.25) is 0 Å². The molecule has 146 valence electrons. The van der Waals surface area contributed by atoms with Crippen molar-refractivity contribution in [3.63, 3.8) is 0 Å². The molecular weight excluding hydrogens is 332 g/mol. The lowest BCUT2D eigenvalue weighted by atomic mass is 9.55. The van der Waals surface area contributed by atoms with Gasteiger partial charge in [-0.15, -0.1) is 0 Å². The summed E-state index contributed by atoms with van der Waals surface area (Å²) in [4.78, 5) is 26.7. The fourth-order valence-corrected chi connectivity index (χ4v) is 4.21. The van der Waals surface area contributed by atoms with Gasteiger partial charge in [0.05, 0.1) is 5.92 Å². The molecule has 0 spiro atoms. The summed E-state index contributed by atoms with van der Waals surface area (Å²) in [5.41, 5.74) is 2.80. The average molecular weight is 367 g/mol. The van der Waals surface area contributed by atoms with E-state index in [2.05, 4.69) is 53.7 Å². The molecule has 0 saturated heterocycles. The van der Waals surface area contributed by atoms with Crippen molar-refractivity contribution in [3.05, 3.63) is 59.2 Å².